The number of halogens is 1. The van der Waals surface area contributed by atoms with Crippen LogP contribution in [0.5, 0.6) is 0 Å². The quantitative estimate of drug-likeness (QED) is 0.858. The Hall–Kier alpha value is -0.940. The Morgan fingerprint density at radius 3 is 3.20 bits per heavy atom. The van der Waals surface area contributed by atoms with Crippen molar-refractivity contribution in [2.24, 2.45) is 0 Å². The Morgan fingerprint density at radius 2 is 2.40 bits per heavy atom. The molecule has 1 aliphatic rings. The van der Waals surface area contributed by atoms with Crippen molar-refractivity contribution >= 4 is 21.7 Å². The second-order valence-corrected chi connectivity index (χ2v) is 4.71. The molecule has 2 aromatic heterocycles. The molecule has 0 aliphatic carbocycles. The molecule has 0 bridgehead atoms. The summed E-state index contributed by atoms with van der Waals surface area (Å²) < 4.78 is 2.93. The molecule has 5 heteroatoms. The van der Waals surface area contributed by atoms with Crippen LogP contribution >= 0.6 is 15.9 Å². The van der Waals surface area contributed by atoms with Crippen LogP contribution in [0.3, 0.4) is 0 Å². The number of aromatic nitrogens is 3. The number of hydrogen-bond donors (Lipinski definition) is 1. The van der Waals surface area contributed by atoms with Gasteiger partial charge in [-0.3, -0.25) is 4.40 Å². The molecule has 78 valence electrons. The first-order chi connectivity index (χ1) is 7.33. The van der Waals surface area contributed by atoms with Crippen LogP contribution in [0.4, 0.5) is 0 Å². The van der Waals surface area contributed by atoms with E-state index in [0.717, 1.165) is 22.5 Å². The van der Waals surface area contributed by atoms with Crippen molar-refractivity contribution in [1.29, 1.82) is 0 Å². The molecule has 0 spiro atoms. The molecule has 0 saturated carbocycles. The molecule has 3 rings (SSSR count). The first-order valence-corrected chi connectivity index (χ1v) is 5.86. The summed E-state index contributed by atoms with van der Waals surface area (Å²) in [5, 5.41) is 3.43. The van der Waals surface area contributed by atoms with Crippen LogP contribution in [-0.2, 0) is 0 Å². The molecule has 1 fully saturated rings. The van der Waals surface area contributed by atoms with Gasteiger partial charge >= 0.3 is 0 Å². The summed E-state index contributed by atoms with van der Waals surface area (Å²) >= 11 is 3.40. The standard InChI is InChI=1S/C10H11BrN4/c11-7-4-13-10-14-9(6-15(10)5-7)8-2-1-3-12-8/h4-6,8,12H,1-3H2. The third-order valence-corrected chi connectivity index (χ3v) is 3.12. The lowest BCUT2D eigenvalue weighted by Gasteiger charge is -2.03. The van der Waals surface area contributed by atoms with Gasteiger partial charge < -0.3 is 5.32 Å². The molecule has 1 saturated heterocycles. The molecule has 2 aromatic rings. The fourth-order valence-electron chi connectivity index (χ4n) is 1.98. The first kappa shape index (κ1) is 9.30. The second-order valence-electron chi connectivity index (χ2n) is 3.79. The van der Waals surface area contributed by atoms with Crippen LogP contribution in [0.25, 0.3) is 5.78 Å². The number of hydrogen-bond acceptors (Lipinski definition) is 3. The predicted octanol–water partition coefficient (Wildman–Crippen LogP) is 1.92. The van der Waals surface area contributed by atoms with Crippen LogP contribution in [0.15, 0.2) is 23.1 Å². The van der Waals surface area contributed by atoms with Crippen molar-refractivity contribution < 1.29 is 0 Å². The van der Waals surface area contributed by atoms with Crippen LogP contribution in [0, 0.1) is 0 Å². The number of nitrogens with one attached hydrogen (secondary N) is 1. The minimum atomic E-state index is 0.408. The van der Waals surface area contributed by atoms with E-state index in [9.17, 15) is 0 Å². The Bertz CT molecular complexity index is 487. The molecular formula is C10H11BrN4. The molecule has 3 heterocycles. The normalized spacial score (nSPS) is 21.3. The van der Waals surface area contributed by atoms with E-state index in [4.69, 9.17) is 0 Å². The van der Waals surface area contributed by atoms with E-state index in [1.165, 1.54) is 12.8 Å². The highest BCUT2D eigenvalue weighted by Gasteiger charge is 2.19. The van der Waals surface area contributed by atoms with E-state index >= 15 is 0 Å². The minimum absolute atomic E-state index is 0.408. The van der Waals surface area contributed by atoms with Gasteiger partial charge in [0, 0.05) is 18.6 Å². The zero-order chi connectivity index (χ0) is 10.3. The van der Waals surface area contributed by atoms with Crippen LogP contribution in [0.2, 0.25) is 0 Å². The maximum Gasteiger partial charge on any atom is 0.234 e. The van der Waals surface area contributed by atoms with Gasteiger partial charge in [0.2, 0.25) is 5.78 Å². The molecule has 1 N–H and O–H groups in total. The van der Waals surface area contributed by atoms with Gasteiger partial charge in [-0.1, -0.05) is 0 Å². The second kappa shape index (κ2) is 3.57. The SMILES string of the molecule is Brc1cnc2nc(C3CCCN3)cn2c1. The van der Waals surface area contributed by atoms with E-state index in [1.807, 2.05) is 10.6 Å². The third kappa shape index (κ3) is 1.66. The van der Waals surface area contributed by atoms with Gasteiger partial charge in [-0.25, -0.2) is 9.97 Å². The summed E-state index contributed by atoms with van der Waals surface area (Å²) in [5.41, 5.74) is 1.10. The van der Waals surface area contributed by atoms with E-state index in [1.54, 1.807) is 6.20 Å². The maximum absolute atomic E-state index is 4.50. The highest BCUT2D eigenvalue weighted by molar-refractivity contribution is 9.10. The molecular weight excluding hydrogens is 256 g/mol. The van der Waals surface area contributed by atoms with Crippen molar-refractivity contribution in [3.63, 3.8) is 0 Å². The molecule has 4 nitrogen and oxygen atoms in total. The summed E-state index contributed by atoms with van der Waals surface area (Å²) in [6, 6.07) is 0.408. The fourth-order valence-corrected chi connectivity index (χ4v) is 2.31. The average Bonchev–Trinajstić information content (AvgIpc) is 2.84. The Labute approximate surface area is 95.9 Å². The maximum atomic E-state index is 4.50. The van der Waals surface area contributed by atoms with Gasteiger partial charge in [0.1, 0.15) is 0 Å². The van der Waals surface area contributed by atoms with Gasteiger partial charge in [-0.2, -0.15) is 0 Å². The van der Waals surface area contributed by atoms with E-state index < -0.39 is 0 Å². The molecule has 0 radical (unpaired) electrons. The van der Waals surface area contributed by atoms with Crippen LogP contribution in [0.1, 0.15) is 24.6 Å². The number of imidazole rings is 1. The summed E-state index contributed by atoms with van der Waals surface area (Å²) in [4.78, 5) is 8.75. The van der Waals surface area contributed by atoms with Crippen LogP contribution < -0.4 is 5.32 Å². The summed E-state index contributed by atoms with van der Waals surface area (Å²) in [5.74, 6) is 0.766. The molecule has 1 atom stereocenters. The molecule has 1 aliphatic heterocycles. The number of fused-ring (bicyclic) bond motifs is 1. The van der Waals surface area contributed by atoms with Crippen molar-refractivity contribution in [3.8, 4) is 0 Å². The van der Waals surface area contributed by atoms with E-state index in [-0.39, 0.29) is 0 Å². The van der Waals surface area contributed by atoms with Gasteiger partial charge in [0.05, 0.1) is 16.2 Å². The Balaban J connectivity index is 2.05. The smallest absolute Gasteiger partial charge is 0.234 e. The zero-order valence-electron chi connectivity index (χ0n) is 8.15. The highest BCUT2D eigenvalue weighted by Crippen LogP contribution is 2.22. The number of nitrogens with zero attached hydrogens (tertiary/aromatic N) is 3. The van der Waals surface area contributed by atoms with Crippen molar-refractivity contribution in [2.75, 3.05) is 6.54 Å². The van der Waals surface area contributed by atoms with E-state index in [0.29, 0.717) is 6.04 Å². The Morgan fingerprint density at radius 1 is 1.47 bits per heavy atom. The summed E-state index contributed by atoms with van der Waals surface area (Å²) in [6.45, 7) is 1.09. The van der Waals surface area contributed by atoms with E-state index in [2.05, 4.69) is 37.4 Å². The molecule has 0 amide bonds. The zero-order valence-corrected chi connectivity index (χ0v) is 9.74. The average molecular weight is 267 g/mol. The Kier molecular flexibility index (Phi) is 2.21. The molecule has 1 unspecified atom stereocenters. The fraction of sp³-hybridized carbons (Fsp3) is 0.400. The van der Waals surface area contributed by atoms with Crippen molar-refractivity contribution in [1.82, 2.24) is 19.7 Å². The van der Waals surface area contributed by atoms with Crippen LogP contribution in [-0.4, -0.2) is 20.9 Å². The van der Waals surface area contributed by atoms with Gasteiger partial charge in [-0.05, 0) is 35.3 Å². The summed E-state index contributed by atoms with van der Waals surface area (Å²) in [7, 11) is 0. The largest absolute Gasteiger partial charge is 0.309 e. The monoisotopic (exact) mass is 266 g/mol. The number of rotatable bonds is 1. The van der Waals surface area contributed by atoms with Crippen molar-refractivity contribution in [2.45, 2.75) is 18.9 Å². The van der Waals surface area contributed by atoms with Gasteiger partial charge in [0.25, 0.3) is 0 Å². The van der Waals surface area contributed by atoms with Gasteiger partial charge in [-0.15, -0.1) is 0 Å². The third-order valence-electron chi connectivity index (χ3n) is 2.71. The lowest BCUT2D eigenvalue weighted by Crippen LogP contribution is -2.12. The summed E-state index contributed by atoms with van der Waals surface area (Å²) in [6.07, 6.45) is 8.21. The highest BCUT2D eigenvalue weighted by atomic mass is 79.9. The topological polar surface area (TPSA) is 42.2 Å². The van der Waals surface area contributed by atoms with Gasteiger partial charge in [0.15, 0.2) is 0 Å². The first-order valence-electron chi connectivity index (χ1n) is 5.06. The lowest BCUT2D eigenvalue weighted by molar-refractivity contribution is 0.632. The predicted molar refractivity (Wildman–Crippen MR) is 60.7 cm³/mol. The van der Waals surface area contributed by atoms with Crippen molar-refractivity contribution in [3.05, 3.63) is 28.8 Å². The lowest BCUT2D eigenvalue weighted by atomic mass is 10.2. The minimum Gasteiger partial charge on any atom is -0.309 e. The molecule has 0 aromatic carbocycles. The molecule has 15 heavy (non-hydrogen) atoms.